The number of hydrogen-bond acceptors (Lipinski definition) is 11. The molecule has 0 bridgehead atoms. The monoisotopic (exact) mass is 760 g/mol. The number of sulfonamides is 3. The smallest absolute Gasteiger partial charge is 0.264 e. The Balaban J connectivity index is 1.10. The van der Waals surface area contributed by atoms with E-state index in [2.05, 4.69) is 20.0 Å². The van der Waals surface area contributed by atoms with E-state index in [0.29, 0.717) is 46.6 Å². The molecule has 3 aromatic carbocycles. The topological polar surface area (TPSA) is 176 Å². The van der Waals surface area contributed by atoms with Gasteiger partial charge in [-0.3, -0.25) is 14.8 Å². The minimum absolute atomic E-state index is 0.0132. The zero-order valence-electron chi connectivity index (χ0n) is 26.0. The summed E-state index contributed by atoms with van der Waals surface area (Å²) in [6, 6.07) is 14.8. The van der Waals surface area contributed by atoms with E-state index in [1.165, 1.54) is 51.1 Å². The molecule has 0 radical (unpaired) electrons. The molecule has 2 saturated heterocycles. The number of carbonyl (C=O) groups is 1. The van der Waals surface area contributed by atoms with Gasteiger partial charge < -0.3 is 0 Å². The van der Waals surface area contributed by atoms with E-state index in [1.807, 2.05) is 0 Å². The predicted molar refractivity (Wildman–Crippen MR) is 190 cm³/mol. The maximum Gasteiger partial charge on any atom is 0.264 e. The highest BCUT2D eigenvalue weighted by atomic mass is 32.2. The fourth-order valence-corrected chi connectivity index (χ4v) is 12.4. The summed E-state index contributed by atoms with van der Waals surface area (Å²) in [6.45, 7) is 1.88. The molecular weight excluding hydrogens is 729 g/mol. The van der Waals surface area contributed by atoms with Crippen molar-refractivity contribution in [3.05, 3.63) is 66.2 Å². The fourth-order valence-electron chi connectivity index (χ4n) is 5.96. The van der Waals surface area contributed by atoms with E-state index in [1.54, 1.807) is 18.2 Å². The standard InChI is InChI=1S/C31H32N6O7S5/c38-29(34-30-32-24-13-11-21(19-26(24)45-30)48(41,42)36-15-5-1-6-16-36)23-9-3-4-10-28(23)47(39,40)35-31-33-25-14-12-22(20-27(25)46-31)49(43,44)37-17-7-2-8-18-37/h3-4,9-14,19-20H,1-2,5-8,15-18H2,(H,33,35)(H,32,34,38). The van der Waals surface area contributed by atoms with Crippen molar-refractivity contribution in [1.29, 1.82) is 0 Å². The Morgan fingerprint density at radius 2 is 1.12 bits per heavy atom. The highest BCUT2D eigenvalue weighted by Gasteiger charge is 2.29. The van der Waals surface area contributed by atoms with Gasteiger partial charge in [-0.15, -0.1) is 0 Å². The normalized spacial score (nSPS) is 17.0. The summed E-state index contributed by atoms with van der Waals surface area (Å²) in [5.41, 5.74) is 0.774. The van der Waals surface area contributed by atoms with Gasteiger partial charge in [-0.05, 0) is 74.2 Å². The van der Waals surface area contributed by atoms with Crippen LogP contribution in [0.1, 0.15) is 48.9 Å². The molecule has 13 nitrogen and oxygen atoms in total. The number of piperidine rings is 2. The number of benzene rings is 3. The van der Waals surface area contributed by atoms with Crippen molar-refractivity contribution in [1.82, 2.24) is 18.6 Å². The van der Waals surface area contributed by atoms with Gasteiger partial charge in [-0.2, -0.15) is 8.61 Å². The molecule has 0 atom stereocenters. The minimum atomic E-state index is -4.32. The molecule has 7 rings (SSSR count). The number of fused-ring (bicyclic) bond motifs is 2. The van der Waals surface area contributed by atoms with Crippen molar-refractivity contribution < 1.29 is 30.0 Å². The van der Waals surface area contributed by atoms with Gasteiger partial charge in [0.2, 0.25) is 20.0 Å². The predicted octanol–water partition coefficient (Wildman–Crippen LogP) is 5.31. The molecule has 2 aliphatic rings. The summed E-state index contributed by atoms with van der Waals surface area (Å²) in [7, 11) is -11.7. The SMILES string of the molecule is O=C(Nc1nc2ccc(S(=O)(=O)N3CCCCC3)cc2s1)c1ccccc1S(=O)(=O)Nc1nc2ccc(S(=O)(=O)N3CCCCC3)cc2s1. The van der Waals surface area contributed by atoms with Gasteiger partial charge in [0, 0.05) is 26.2 Å². The maximum absolute atomic E-state index is 13.6. The van der Waals surface area contributed by atoms with Gasteiger partial charge in [-0.1, -0.05) is 47.6 Å². The van der Waals surface area contributed by atoms with Crippen LogP contribution in [0.15, 0.2) is 75.4 Å². The summed E-state index contributed by atoms with van der Waals surface area (Å²) < 4.78 is 86.3. The lowest BCUT2D eigenvalue weighted by atomic mass is 10.2. The van der Waals surface area contributed by atoms with Gasteiger partial charge in [0.1, 0.15) is 4.90 Å². The first-order valence-electron chi connectivity index (χ1n) is 15.7. The van der Waals surface area contributed by atoms with Crippen LogP contribution in [0.25, 0.3) is 20.4 Å². The summed E-state index contributed by atoms with van der Waals surface area (Å²) in [6.07, 6.45) is 5.24. The van der Waals surface area contributed by atoms with E-state index in [-0.39, 0.29) is 30.5 Å². The van der Waals surface area contributed by atoms with Crippen LogP contribution in [0.5, 0.6) is 0 Å². The lowest BCUT2D eigenvalue weighted by Crippen LogP contribution is -2.35. The second-order valence-electron chi connectivity index (χ2n) is 11.8. The first-order valence-corrected chi connectivity index (χ1v) is 21.7. The lowest BCUT2D eigenvalue weighted by molar-refractivity contribution is 0.102. The van der Waals surface area contributed by atoms with E-state index in [9.17, 15) is 30.0 Å². The van der Waals surface area contributed by atoms with Crippen molar-refractivity contribution in [2.75, 3.05) is 36.2 Å². The number of hydrogen-bond donors (Lipinski definition) is 2. The Bertz CT molecular complexity index is 2400. The van der Waals surface area contributed by atoms with Crippen LogP contribution in [-0.4, -0.2) is 75.9 Å². The number of aromatic nitrogens is 2. The highest BCUT2D eigenvalue weighted by molar-refractivity contribution is 7.93. The van der Waals surface area contributed by atoms with Gasteiger partial charge in [-0.25, -0.2) is 35.2 Å². The molecule has 4 heterocycles. The number of nitrogens with one attached hydrogen (secondary N) is 2. The van der Waals surface area contributed by atoms with Gasteiger partial charge >= 0.3 is 0 Å². The summed E-state index contributed by atoms with van der Waals surface area (Å²) in [5, 5.41) is 2.85. The second kappa shape index (κ2) is 13.3. The average Bonchev–Trinajstić information content (AvgIpc) is 3.70. The molecule has 18 heteroatoms. The summed E-state index contributed by atoms with van der Waals surface area (Å²) in [4.78, 5) is 22.2. The Labute approximate surface area is 292 Å². The Morgan fingerprint density at radius 3 is 1.67 bits per heavy atom. The summed E-state index contributed by atoms with van der Waals surface area (Å²) >= 11 is 2.07. The zero-order valence-corrected chi connectivity index (χ0v) is 30.1. The van der Waals surface area contributed by atoms with Crippen molar-refractivity contribution in [3.63, 3.8) is 0 Å². The molecule has 2 aliphatic heterocycles. The quantitative estimate of drug-likeness (QED) is 0.202. The molecule has 49 heavy (non-hydrogen) atoms. The molecule has 2 aromatic heterocycles. The molecule has 0 aliphatic carbocycles. The van der Waals surface area contributed by atoms with Crippen LogP contribution < -0.4 is 10.0 Å². The number of anilines is 2. The van der Waals surface area contributed by atoms with Crippen LogP contribution in [-0.2, 0) is 30.1 Å². The molecule has 0 saturated carbocycles. The Morgan fingerprint density at radius 1 is 0.633 bits per heavy atom. The van der Waals surface area contributed by atoms with Crippen LogP contribution in [0, 0.1) is 0 Å². The number of carbonyl (C=O) groups excluding carboxylic acids is 1. The van der Waals surface area contributed by atoms with E-state index < -0.39 is 36.0 Å². The Hall–Kier alpha value is -3.52. The first kappa shape index (κ1) is 34.0. The Kier molecular flexibility index (Phi) is 9.22. The lowest BCUT2D eigenvalue weighted by Gasteiger charge is -2.25. The fraction of sp³-hybridized carbons (Fsp3) is 0.323. The van der Waals surface area contributed by atoms with Crippen LogP contribution in [0.3, 0.4) is 0 Å². The maximum atomic E-state index is 13.6. The van der Waals surface area contributed by atoms with E-state index in [0.717, 1.165) is 61.2 Å². The van der Waals surface area contributed by atoms with Crippen LogP contribution in [0.2, 0.25) is 0 Å². The van der Waals surface area contributed by atoms with Crippen molar-refractivity contribution in [2.24, 2.45) is 0 Å². The van der Waals surface area contributed by atoms with E-state index >= 15 is 0 Å². The second-order valence-corrected chi connectivity index (χ2v) is 19.4. The van der Waals surface area contributed by atoms with Crippen molar-refractivity contribution in [2.45, 2.75) is 53.2 Å². The molecule has 1 amide bonds. The third-order valence-corrected chi connectivity index (χ3v) is 15.7. The molecule has 2 fully saturated rings. The van der Waals surface area contributed by atoms with E-state index in [4.69, 9.17) is 0 Å². The number of amides is 1. The summed E-state index contributed by atoms with van der Waals surface area (Å²) in [5.74, 6) is -0.724. The average molecular weight is 761 g/mol. The van der Waals surface area contributed by atoms with Crippen molar-refractivity contribution in [3.8, 4) is 0 Å². The highest BCUT2D eigenvalue weighted by Crippen LogP contribution is 2.33. The van der Waals surface area contributed by atoms with Crippen molar-refractivity contribution >= 4 is 89.3 Å². The first-order chi connectivity index (χ1) is 23.4. The molecule has 2 N–H and O–H groups in total. The van der Waals surface area contributed by atoms with Crippen LogP contribution >= 0.6 is 22.7 Å². The zero-order chi connectivity index (χ0) is 34.4. The molecule has 0 unspecified atom stereocenters. The third-order valence-electron chi connectivity index (χ3n) is 8.49. The molecule has 258 valence electrons. The molecular formula is C31H32N6O7S5. The molecule has 5 aromatic rings. The number of rotatable bonds is 9. The third kappa shape index (κ3) is 6.82. The number of nitrogens with zero attached hydrogens (tertiary/aromatic N) is 4. The van der Waals surface area contributed by atoms with Gasteiger partial charge in [0.25, 0.3) is 15.9 Å². The largest absolute Gasteiger partial charge is 0.298 e. The van der Waals surface area contributed by atoms with Gasteiger partial charge in [0.05, 0.1) is 35.8 Å². The molecule has 0 spiro atoms. The minimum Gasteiger partial charge on any atom is -0.298 e. The van der Waals surface area contributed by atoms with Gasteiger partial charge in [0.15, 0.2) is 10.3 Å². The number of thiazole rings is 2. The van der Waals surface area contributed by atoms with Crippen LogP contribution in [0.4, 0.5) is 10.3 Å².